The first-order chi connectivity index (χ1) is 14.3. The lowest BCUT2D eigenvalue weighted by Crippen LogP contribution is -2.34. The van der Waals surface area contributed by atoms with Crippen LogP contribution in [0.4, 0.5) is 0 Å². The van der Waals surface area contributed by atoms with E-state index in [0.29, 0.717) is 11.7 Å². The van der Waals surface area contributed by atoms with Crippen LogP contribution in [0.2, 0.25) is 0 Å². The van der Waals surface area contributed by atoms with Gasteiger partial charge in [-0.25, -0.2) is 0 Å². The number of hydrogen-bond acceptors (Lipinski definition) is 6. The number of piperidine rings is 1. The van der Waals surface area contributed by atoms with Crippen LogP contribution in [0.5, 0.6) is 11.5 Å². The SMILES string of the molecule is COc1ccc(CCN2CCC(c3nc(-c4ccccc4)no3)CC2)cc1OC. The zero-order chi connectivity index (χ0) is 20.1. The van der Waals surface area contributed by atoms with Crippen LogP contribution in [0, 0.1) is 0 Å². The largest absolute Gasteiger partial charge is 0.493 e. The lowest BCUT2D eigenvalue weighted by Gasteiger charge is -2.30. The number of nitrogens with zero attached hydrogens (tertiary/aromatic N) is 3. The van der Waals surface area contributed by atoms with Crippen LogP contribution in [0.3, 0.4) is 0 Å². The maximum atomic E-state index is 5.57. The van der Waals surface area contributed by atoms with E-state index in [2.05, 4.69) is 27.2 Å². The fourth-order valence-electron chi connectivity index (χ4n) is 3.83. The predicted molar refractivity (Wildman–Crippen MR) is 111 cm³/mol. The second-order valence-electron chi connectivity index (χ2n) is 7.38. The molecule has 3 aromatic rings. The highest BCUT2D eigenvalue weighted by atomic mass is 16.5. The molecule has 0 bridgehead atoms. The Morgan fingerprint density at radius 2 is 1.76 bits per heavy atom. The van der Waals surface area contributed by atoms with Gasteiger partial charge < -0.3 is 18.9 Å². The van der Waals surface area contributed by atoms with E-state index >= 15 is 0 Å². The van der Waals surface area contributed by atoms with Crippen LogP contribution in [0.1, 0.15) is 30.2 Å². The maximum absolute atomic E-state index is 5.57. The molecule has 1 saturated heterocycles. The summed E-state index contributed by atoms with van der Waals surface area (Å²) >= 11 is 0. The molecule has 0 radical (unpaired) electrons. The third-order valence-corrected chi connectivity index (χ3v) is 5.58. The Morgan fingerprint density at radius 3 is 2.48 bits per heavy atom. The molecule has 0 unspecified atom stereocenters. The van der Waals surface area contributed by atoms with Crippen LogP contribution in [0.25, 0.3) is 11.4 Å². The van der Waals surface area contributed by atoms with Crippen molar-refractivity contribution in [3.63, 3.8) is 0 Å². The van der Waals surface area contributed by atoms with Crippen LogP contribution in [-0.2, 0) is 6.42 Å². The average molecular weight is 393 g/mol. The van der Waals surface area contributed by atoms with Crippen LogP contribution >= 0.6 is 0 Å². The Labute approximate surface area is 171 Å². The summed E-state index contributed by atoms with van der Waals surface area (Å²) in [5.41, 5.74) is 2.25. The van der Waals surface area contributed by atoms with Crippen molar-refractivity contribution in [3.8, 4) is 22.9 Å². The molecule has 0 atom stereocenters. The van der Waals surface area contributed by atoms with Crippen molar-refractivity contribution < 1.29 is 14.0 Å². The van der Waals surface area contributed by atoms with Crippen molar-refractivity contribution in [3.05, 3.63) is 60.0 Å². The molecular formula is C23H27N3O3. The Balaban J connectivity index is 1.29. The molecule has 6 nitrogen and oxygen atoms in total. The van der Waals surface area contributed by atoms with E-state index in [-0.39, 0.29) is 0 Å². The van der Waals surface area contributed by atoms with Crippen LogP contribution in [0.15, 0.2) is 53.1 Å². The second-order valence-corrected chi connectivity index (χ2v) is 7.38. The third kappa shape index (κ3) is 4.59. The summed E-state index contributed by atoms with van der Waals surface area (Å²) in [7, 11) is 3.33. The van der Waals surface area contributed by atoms with Crippen LogP contribution in [-0.4, -0.2) is 48.9 Å². The molecule has 0 spiro atoms. The summed E-state index contributed by atoms with van der Waals surface area (Å²) in [5, 5.41) is 4.17. The van der Waals surface area contributed by atoms with E-state index in [9.17, 15) is 0 Å². The topological polar surface area (TPSA) is 60.6 Å². The summed E-state index contributed by atoms with van der Waals surface area (Å²) in [6.07, 6.45) is 3.08. The predicted octanol–water partition coefficient (Wildman–Crippen LogP) is 4.18. The highest BCUT2D eigenvalue weighted by Crippen LogP contribution is 2.30. The van der Waals surface area contributed by atoms with E-state index < -0.39 is 0 Å². The van der Waals surface area contributed by atoms with E-state index in [1.165, 1.54) is 5.56 Å². The zero-order valence-corrected chi connectivity index (χ0v) is 17.0. The molecule has 0 N–H and O–H groups in total. The van der Waals surface area contributed by atoms with Gasteiger partial charge in [-0.3, -0.25) is 0 Å². The molecule has 6 heteroatoms. The van der Waals surface area contributed by atoms with Gasteiger partial charge in [0.15, 0.2) is 11.5 Å². The number of methoxy groups -OCH3 is 2. The van der Waals surface area contributed by atoms with Gasteiger partial charge in [-0.15, -0.1) is 0 Å². The molecular weight excluding hydrogens is 366 g/mol. The van der Waals surface area contributed by atoms with Gasteiger partial charge in [0, 0.05) is 18.0 Å². The Hall–Kier alpha value is -2.86. The van der Waals surface area contributed by atoms with Gasteiger partial charge >= 0.3 is 0 Å². The minimum absolute atomic E-state index is 0.345. The van der Waals surface area contributed by atoms with Gasteiger partial charge in [0.2, 0.25) is 11.7 Å². The molecule has 152 valence electrons. The number of likely N-dealkylation sites (tertiary alicyclic amines) is 1. The minimum Gasteiger partial charge on any atom is -0.493 e. The fraction of sp³-hybridized carbons (Fsp3) is 0.391. The molecule has 4 rings (SSSR count). The summed E-state index contributed by atoms with van der Waals surface area (Å²) in [5.74, 6) is 3.35. The first kappa shape index (κ1) is 19.5. The number of hydrogen-bond donors (Lipinski definition) is 0. The summed E-state index contributed by atoms with van der Waals surface area (Å²) < 4.78 is 16.3. The van der Waals surface area contributed by atoms with Gasteiger partial charge in [-0.1, -0.05) is 41.6 Å². The zero-order valence-electron chi connectivity index (χ0n) is 17.0. The van der Waals surface area contributed by atoms with Gasteiger partial charge in [0.05, 0.1) is 14.2 Å². The van der Waals surface area contributed by atoms with Gasteiger partial charge in [-0.05, 0) is 50.0 Å². The molecule has 0 amide bonds. The van der Waals surface area contributed by atoms with Gasteiger partial charge in [0.25, 0.3) is 0 Å². The standard InChI is InChI=1S/C23H27N3O3/c1-27-20-9-8-17(16-21(20)28-2)10-13-26-14-11-19(12-15-26)23-24-22(25-29-23)18-6-4-3-5-7-18/h3-9,16,19H,10-15H2,1-2H3. The van der Waals surface area contributed by atoms with E-state index in [0.717, 1.165) is 61.8 Å². The van der Waals surface area contributed by atoms with Crippen molar-refractivity contribution in [1.82, 2.24) is 15.0 Å². The van der Waals surface area contributed by atoms with E-state index in [1.54, 1.807) is 14.2 Å². The Bertz CT molecular complexity index is 918. The van der Waals surface area contributed by atoms with Crippen molar-refractivity contribution in [2.75, 3.05) is 33.9 Å². The molecule has 1 aliphatic heterocycles. The Morgan fingerprint density at radius 1 is 1.00 bits per heavy atom. The average Bonchev–Trinajstić information content (AvgIpc) is 3.29. The molecule has 29 heavy (non-hydrogen) atoms. The molecule has 1 fully saturated rings. The number of ether oxygens (including phenoxy) is 2. The van der Waals surface area contributed by atoms with Crippen LogP contribution < -0.4 is 9.47 Å². The van der Waals surface area contributed by atoms with Gasteiger partial charge in [-0.2, -0.15) is 4.98 Å². The lowest BCUT2D eigenvalue weighted by atomic mass is 9.96. The minimum atomic E-state index is 0.345. The maximum Gasteiger partial charge on any atom is 0.230 e. The quantitative estimate of drug-likeness (QED) is 0.600. The number of aromatic nitrogens is 2. The monoisotopic (exact) mass is 393 g/mol. The van der Waals surface area contributed by atoms with Gasteiger partial charge in [0.1, 0.15) is 0 Å². The lowest BCUT2D eigenvalue weighted by molar-refractivity contribution is 0.196. The Kier molecular flexibility index (Phi) is 6.10. The fourth-order valence-corrected chi connectivity index (χ4v) is 3.83. The number of benzene rings is 2. The second kappa shape index (κ2) is 9.09. The molecule has 0 aliphatic carbocycles. The highest BCUT2D eigenvalue weighted by molar-refractivity contribution is 5.53. The summed E-state index contributed by atoms with van der Waals surface area (Å²) in [6, 6.07) is 16.1. The summed E-state index contributed by atoms with van der Waals surface area (Å²) in [6.45, 7) is 3.11. The summed E-state index contributed by atoms with van der Waals surface area (Å²) in [4.78, 5) is 7.14. The molecule has 2 aromatic carbocycles. The molecule has 0 saturated carbocycles. The smallest absolute Gasteiger partial charge is 0.230 e. The first-order valence-corrected chi connectivity index (χ1v) is 10.1. The van der Waals surface area contributed by atoms with Crippen molar-refractivity contribution in [2.24, 2.45) is 0 Å². The molecule has 1 aromatic heterocycles. The van der Waals surface area contributed by atoms with Crippen molar-refractivity contribution in [1.29, 1.82) is 0 Å². The first-order valence-electron chi connectivity index (χ1n) is 10.1. The van der Waals surface area contributed by atoms with E-state index in [1.807, 2.05) is 36.4 Å². The third-order valence-electron chi connectivity index (χ3n) is 5.58. The normalized spacial score (nSPS) is 15.4. The van der Waals surface area contributed by atoms with E-state index in [4.69, 9.17) is 14.0 Å². The number of rotatable bonds is 7. The highest BCUT2D eigenvalue weighted by Gasteiger charge is 2.25. The molecule has 2 heterocycles. The van der Waals surface area contributed by atoms with Crippen molar-refractivity contribution >= 4 is 0 Å². The van der Waals surface area contributed by atoms with Crippen molar-refractivity contribution in [2.45, 2.75) is 25.2 Å². The molecule has 1 aliphatic rings.